The topological polar surface area (TPSA) is 105 Å². The van der Waals surface area contributed by atoms with Crippen LogP contribution < -0.4 is 10.1 Å². The van der Waals surface area contributed by atoms with Crippen molar-refractivity contribution in [2.75, 3.05) is 19.0 Å². The zero-order valence-electron chi connectivity index (χ0n) is 18.7. The zero-order valence-corrected chi connectivity index (χ0v) is 18.7. The van der Waals surface area contributed by atoms with E-state index >= 15 is 0 Å². The molecule has 1 saturated heterocycles. The summed E-state index contributed by atoms with van der Waals surface area (Å²) in [6.45, 7) is 0.114. The fourth-order valence-electron chi connectivity index (χ4n) is 4.31. The number of nitrogens with zero attached hydrogens (tertiary/aromatic N) is 1. The van der Waals surface area contributed by atoms with E-state index in [-0.39, 0.29) is 47.5 Å². The Balaban J connectivity index is 1.50. The maximum absolute atomic E-state index is 13.2. The van der Waals surface area contributed by atoms with Crippen molar-refractivity contribution in [2.45, 2.75) is 43.7 Å². The Bertz CT molecular complexity index is 1140. The third-order valence-electron chi connectivity index (χ3n) is 6.15. The van der Waals surface area contributed by atoms with E-state index in [9.17, 15) is 27.6 Å². The van der Waals surface area contributed by atoms with Gasteiger partial charge in [0.05, 0.1) is 29.7 Å². The first kappa shape index (κ1) is 24.5. The van der Waals surface area contributed by atoms with Gasteiger partial charge in [-0.15, -0.1) is 0 Å². The molecule has 2 amide bonds. The Kier molecular flexibility index (Phi) is 6.70. The molecule has 3 atom stereocenters. The van der Waals surface area contributed by atoms with Crippen LogP contribution in [0.3, 0.4) is 0 Å². The van der Waals surface area contributed by atoms with Gasteiger partial charge in [-0.1, -0.05) is 0 Å². The summed E-state index contributed by atoms with van der Waals surface area (Å²) in [4.78, 5) is 38.3. The highest BCUT2D eigenvalue weighted by atomic mass is 19.4. The molecular formula is C24H23F3N2O6. The van der Waals surface area contributed by atoms with E-state index < -0.39 is 35.8 Å². The van der Waals surface area contributed by atoms with E-state index in [1.54, 1.807) is 7.05 Å². The number of ether oxygens (including phenoxy) is 2. The van der Waals surface area contributed by atoms with Crippen molar-refractivity contribution in [2.24, 2.45) is 0 Å². The third-order valence-corrected chi connectivity index (χ3v) is 6.15. The van der Waals surface area contributed by atoms with Crippen LogP contribution in [0.15, 0.2) is 42.5 Å². The highest BCUT2D eigenvalue weighted by Gasteiger charge is 2.39. The number of halogens is 3. The molecule has 11 heteroatoms. The number of carbonyl (C=O) groups excluding carboxylic acids is 2. The number of carboxylic acid groups (broad SMARTS) is 1. The van der Waals surface area contributed by atoms with E-state index in [2.05, 4.69) is 5.32 Å². The maximum atomic E-state index is 13.2. The number of carbonyl (C=O) groups is 3. The Hall–Kier alpha value is -3.60. The lowest BCUT2D eigenvalue weighted by atomic mass is 9.94. The summed E-state index contributed by atoms with van der Waals surface area (Å²) in [7, 11) is 1.63. The molecule has 0 aromatic heterocycles. The highest BCUT2D eigenvalue weighted by Crippen LogP contribution is 2.33. The van der Waals surface area contributed by atoms with Crippen LogP contribution in [0, 0.1) is 0 Å². The summed E-state index contributed by atoms with van der Waals surface area (Å²) in [6, 6.07) is 7.97. The van der Waals surface area contributed by atoms with E-state index in [1.807, 2.05) is 0 Å². The largest absolute Gasteiger partial charge is 0.490 e. The Morgan fingerprint density at radius 2 is 1.86 bits per heavy atom. The number of anilines is 1. The zero-order chi connectivity index (χ0) is 25.3. The molecule has 4 rings (SSSR count). The minimum Gasteiger partial charge on any atom is -0.490 e. The Labute approximate surface area is 198 Å². The molecule has 0 saturated carbocycles. The number of benzene rings is 2. The number of hydrogen-bond acceptors (Lipinski definition) is 5. The normalized spacial score (nSPS) is 22.2. The predicted molar refractivity (Wildman–Crippen MR) is 117 cm³/mol. The fraction of sp³-hybridized carbons (Fsp3) is 0.375. The maximum Gasteiger partial charge on any atom is 0.416 e. The predicted octanol–water partition coefficient (Wildman–Crippen LogP) is 3.81. The second-order valence-electron chi connectivity index (χ2n) is 8.51. The van der Waals surface area contributed by atoms with Crippen molar-refractivity contribution in [3.63, 3.8) is 0 Å². The molecule has 0 radical (unpaired) electrons. The van der Waals surface area contributed by atoms with Crippen LogP contribution in [-0.2, 0) is 15.7 Å². The summed E-state index contributed by atoms with van der Waals surface area (Å²) >= 11 is 0. The molecule has 2 aliphatic rings. The lowest BCUT2D eigenvalue weighted by molar-refractivity contribution is -0.148. The number of fused-ring (bicyclic) bond motifs is 2. The lowest BCUT2D eigenvalue weighted by Gasteiger charge is -2.42. The Morgan fingerprint density at radius 1 is 1.14 bits per heavy atom. The van der Waals surface area contributed by atoms with Crippen molar-refractivity contribution in [1.29, 1.82) is 0 Å². The van der Waals surface area contributed by atoms with Crippen molar-refractivity contribution in [1.82, 2.24) is 4.90 Å². The van der Waals surface area contributed by atoms with Crippen molar-refractivity contribution in [3.05, 3.63) is 59.2 Å². The van der Waals surface area contributed by atoms with Crippen molar-refractivity contribution < 1.29 is 42.1 Å². The van der Waals surface area contributed by atoms with Gasteiger partial charge in [0.25, 0.3) is 11.8 Å². The molecule has 2 aliphatic heterocycles. The van der Waals surface area contributed by atoms with Gasteiger partial charge in [0, 0.05) is 18.3 Å². The van der Waals surface area contributed by atoms with Crippen molar-refractivity contribution >= 4 is 23.5 Å². The summed E-state index contributed by atoms with van der Waals surface area (Å²) in [5, 5.41) is 11.6. The number of carboxylic acids is 1. The number of nitrogens with one attached hydrogen (secondary N) is 1. The number of alkyl halides is 3. The van der Waals surface area contributed by atoms with Gasteiger partial charge < -0.3 is 24.8 Å². The summed E-state index contributed by atoms with van der Waals surface area (Å²) in [5.74, 6) is -1.67. The first-order valence-electron chi connectivity index (χ1n) is 10.9. The monoisotopic (exact) mass is 492 g/mol. The molecule has 8 nitrogen and oxygen atoms in total. The van der Waals surface area contributed by atoms with Crippen LogP contribution in [-0.4, -0.2) is 59.7 Å². The number of amides is 2. The second kappa shape index (κ2) is 9.57. The number of aliphatic carboxylic acids is 1. The minimum atomic E-state index is -4.50. The minimum absolute atomic E-state index is 0.0301. The van der Waals surface area contributed by atoms with Crippen LogP contribution in [0.5, 0.6) is 5.75 Å². The van der Waals surface area contributed by atoms with Gasteiger partial charge in [-0.2, -0.15) is 13.2 Å². The van der Waals surface area contributed by atoms with E-state index in [4.69, 9.17) is 14.6 Å². The quantitative estimate of drug-likeness (QED) is 0.673. The van der Waals surface area contributed by atoms with Gasteiger partial charge in [-0.25, -0.2) is 0 Å². The van der Waals surface area contributed by atoms with E-state index in [0.29, 0.717) is 12.8 Å². The first-order valence-corrected chi connectivity index (χ1v) is 10.9. The highest BCUT2D eigenvalue weighted by molar-refractivity contribution is 6.05. The molecule has 2 N–H and O–H groups in total. The molecular weight excluding hydrogens is 469 g/mol. The average Bonchev–Trinajstić information content (AvgIpc) is 2.81. The molecule has 0 bridgehead atoms. The third kappa shape index (κ3) is 5.40. The van der Waals surface area contributed by atoms with Crippen LogP contribution in [0.2, 0.25) is 0 Å². The van der Waals surface area contributed by atoms with E-state index in [1.165, 1.54) is 23.1 Å². The average molecular weight is 492 g/mol. The first-order chi connectivity index (χ1) is 16.5. The second-order valence-corrected chi connectivity index (χ2v) is 8.51. The van der Waals surface area contributed by atoms with Gasteiger partial charge in [-0.3, -0.25) is 14.4 Å². The molecule has 0 unspecified atom stereocenters. The van der Waals surface area contributed by atoms with Gasteiger partial charge in [0.15, 0.2) is 0 Å². The smallest absolute Gasteiger partial charge is 0.416 e. The summed E-state index contributed by atoms with van der Waals surface area (Å²) < 4.78 is 50.0. The standard InChI is InChI=1S/C24H23F3N2O6/c1-29-18-8-7-16(11-21(30)31)35-20(18)12-34-19-9-6-15(10-17(19)23(29)33)28-22(32)13-2-4-14(5-3-13)24(25,26)27/h2-6,9-10,16,18,20H,7-8,11-12H2,1H3,(H,28,32)(H,30,31)/t16-,18-,20-/m1/s1. The molecule has 1 fully saturated rings. The lowest BCUT2D eigenvalue weighted by Crippen LogP contribution is -2.53. The van der Waals surface area contributed by atoms with Crippen LogP contribution in [0.4, 0.5) is 18.9 Å². The molecule has 186 valence electrons. The molecule has 0 spiro atoms. The summed E-state index contributed by atoms with van der Waals surface area (Å²) in [6.07, 6.45) is -4.54. The molecule has 2 heterocycles. The molecule has 0 aliphatic carbocycles. The van der Waals surface area contributed by atoms with Gasteiger partial charge >= 0.3 is 12.1 Å². The number of hydrogen-bond donors (Lipinski definition) is 2. The van der Waals surface area contributed by atoms with E-state index in [0.717, 1.165) is 24.3 Å². The SMILES string of the molecule is CN1C(=O)c2cc(NC(=O)c3ccc(C(F)(F)F)cc3)ccc2OC[C@H]2O[C@@H](CC(=O)O)CC[C@H]21. The summed E-state index contributed by atoms with van der Waals surface area (Å²) in [5.41, 5.74) is -0.343. The molecule has 2 aromatic rings. The number of likely N-dealkylation sites (N-methyl/N-ethyl adjacent to an activating group) is 1. The van der Waals surface area contributed by atoms with Gasteiger partial charge in [-0.05, 0) is 55.3 Å². The number of rotatable bonds is 4. The molecule has 35 heavy (non-hydrogen) atoms. The van der Waals surface area contributed by atoms with Gasteiger partial charge in [0.2, 0.25) is 0 Å². The van der Waals surface area contributed by atoms with Crippen LogP contribution in [0.25, 0.3) is 0 Å². The van der Waals surface area contributed by atoms with Crippen LogP contribution in [0.1, 0.15) is 45.5 Å². The fourth-order valence-corrected chi connectivity index (χ4v) is 4.31. The van der Waals surface area contributed by atoms with Crippen molar-refractivity contribution in [3.8, 4) is 5.75 Å². The molecule has 2 aromatic carbocycles. The van der Waals surface area contributed by atoms with Gasteiger partial charge in [0.1, 0.15) is 18.5 Å². The Morgan fingerprint density at radius 3 is 2.51 bits per heavy atom. The van der Waals surface area contributed by atoms with Crippen LogP contribution >= 0.6 is 0 Å².